The van der Waals surface area contributed by atoms with E-state index in [-0.39, 0.29) is 19.8 Å². The second-order valence-corrected chi connectivity index (χ2v) is 14.7. The van der Waals surface area contributed by atoms with Crippen molar-refractivity contribution in [1.29, 1.82) is 0 Å². The molecule has 0 rings (SSSR count). The van der Waals surface area contributed by atoms with Crippen LogP contribution in [-0.2, 0) is 13.8 Å². The summed E-state index contributed by atoms with van der Waals surface area (Å²) < 4.78 is 16.6. The molecule has 0 radical (unpaired) electrons. The largest absolute Gasteiger partial charge is 0.396 e. The minimum absolute atomic E-state index is 0.201. The highest BCUT2D eigenvalue weighted by atomic mass is 31.2. The smallest absolute Gasteiger partial charge is 0.327 e. The quantitative estimate of drug-likeness (QED) is 0.0323. The molecular weight excluding hydrogens is 610 g/mol. The van der Waals surface area contributed by atoms with Crippen LogP contribution < -0.4 is 0 Å². The van der Waals surface area contributed by atoms with Gasteiger partial charge in [-0.15, -0.1) is 0 Å². The van der Waals surface area contributed by atoms with Gasteiger partial charge in [-0.3, -0.25) is 0 Å². The minimum Gasteiger partial charge on any atom is -0.396 e. The van der Waals surface area contributed by atoms with Crippen molar-refractivity contribution in [2.75, 3.05) is 26.4 Å². The third kappa shape index (κ3) is 29.2. The lowest BCUT2D eigenvalue weighted by Gasteiger charge is -2.38. The Morgan fingerprint density at radius 3 is 1.09 bits per heavy atom. The average molecular weight is 685 g/mol. The Morgan fingerprint density at radius 1 is 0.467 bits per heavy atom. The van der Waals surface area contributed by atoms with E-state index in [1.807, 2.05) is 0 Å². The Bertz CT molecular complexity index is 574. The SMILES string of the molecule is CCCCCCCCCCCCCCCOC(CCCCCCCCCCCCCCC)C(CO)(COP(O)O)COP(O)O. The van der Waals surface area contributed by atoms with E-state index in [1.54, 1.807) is 0 Å². The van der Waals surface area contributed by atoms with Gasteiger partial charge in [-0.1, -0.05) is 174 Å². The van der Waals surface area contributed by atoms with Gasteiger partial charge in [-0.2, -0.15) is 0 Å². The lowest BCUT2D eigenvalue weighted by molar-refractivity contribution is -0.111. The number of hydrogen-bond acceptors (Lipinski definition) is 8. The summed E-state index contributed by atoms with van der Waals surface area (Å²) in [7, 11) is -5.26. The first-order valence-corrected chi connectivity index (χ1v) is 21.1. The topological polar surface area (TPSA) is 129 Å². The van der Waals surface area contributed by atoms with Crippen molar-refractivity contribution in [2.45, 2.75) is 193 Å². The monoisotopic (exact) mass is 684 g/mol. The van der Waals surface area contributed by atoms with Gasteiger partial charge >= 0.3 is 17.2 Å². The maximum atomic E-state index is 10.4. The van der Waals surface area contributed by atoms with Crippen LogP contribution in [0, 0.1) is 5.41 Å². The molecule has 5 N–H and O–H groups in total. The summed E-state index contributed by atoms with van der Waals surface area (Å²) in [5, 5.41) is 10.4. The summed E-state index contributed by atoms with van der Waals surface area (Å²) in [5.74, 6) is 0. The molecule has 0 heterocycles. The first-order valence-electron chi connectivity index (χ1n) is 18.8. The van der Waals surface area contributed by atoms with Gasteiger partial charge in [0.15, 0.2) is 0 Å². The van der Waals surface area contributed by atoms with Crippen LogP contribution in [0.3, 0.4) is 0 Å². The lowest BCUT2D eigenvalue weighted by Crippen LogP contribution is -2.47. The zero-order valence-electron chi connectivity index (χ0n) is 29.4. The number of hydrogen-bond donors (Lipinski definition) is 5. The average Bonchev–Trinajstić information content (AvgIpc) is 3.02. The van der Waals surface area contributed by atoms with Crippen molar-refractivity contribution in [3.63, 3.8) is 0 Å². The zero-order valence-corrected chi connectivity index (χ0v) is 31.1. The molecule has 0 aromatic rings. The van der Waals surface area contributed by atoms with Gasteiger partial charge in [-0.05, 0) is 12.8 Å². The fourth-order valence-corrected chi connectivity index (χ4v) is 6.80. The zero-order chi connectivity index (χ0) is 33.3. The van der Waals surface area contributed by atoms with Gasteiger partial charge in [0.25, 0.3) is 0 Å². The van der Waals surface area contributed by atoms with Crippen molar-refractivity contribution in [3.8, 4) is 0 Å². The molecule has 0 fully saturated rings. The summed E-state index contributed by atoms with van der Waals surface area (Å²) in [5.41, 5.74) is -1.12. The van der Waals surface area contributed by atoms with E-state index in [2.05, 4.69) is 13.8 Å². The van der Waals surface area contributed by atoms with Crippen LogP contribution in [0.2, 0.25) is 0 Å². The lowest BCUT2D eigenvalue weighted by atomic mass is 9.81. The molecule has 0 spiro atoms. The van der Waals surface area contributed by atoms with Gasteiger partial charge in [0, 0.05) is 6.61 Å². The number of aliphatic hydroxyl groups excluding tert-OH is 1. The van der Waals surface area contributed by atoms with Crippen molar-refractivity contribution in [2.24, 2.45) is 5.41 Å². The Kier molecular flexibility index (Phi) is 34.8. The van der Waals surface area contributed by atoms with Gasteiger partial charge in [0.1, 0.15) is 0 Å². The first-order chi connectivity index (χ1) is 21.9. The number of aliphatic hydroxyl groups is 1. The second kappa shape index (κ2) is 34.4. The molecule has 0 amide bonds. The summed E-state index contributed by atoms with van der Waals surface area (Å²) >= 11 is 0. The minimum atomic E-state index is -2.63. The number of rotatable bonds is 37. The Hall–Kier alpha value is 0.540. The fraction of sp³-hybridized carbons (Fsp3) is 1.00. The normalized spacial score (nSPS) is 13.0. The molecule has 10 heteroatoms. The molecule has 0 aliphatic rings. The van der Waals surface area contributed by atoms with E-state index in [4.69, 9.17) is 13.8 Å². The second-order valence-electron chi connectivity index (χ2n) is 13.2. The molecule has 45 heavy (non-hydrogen) atoms. The molecule has 0 saturated carbocycles. The molecule has 1 unspecified atom stereocenters. The third-order valence-electron chi connectivity index (χ3n) is 9.07. The Balaban J connectivity index is 4.54. The Labute approximate surface area is 280 Å². The molecule has 1 atom stereocenters. The van der Waals surface area contributed by atoms with E-state index >= 15 is 0 Å². The first kappa shape index (κ1) is 45.5. The molecule has 0 aliphatic carbocycles. The molecule has 272 valence electrons. The van der Waals surface area contributed by atoms with Crippen LogP contribution in [-0.4, -0.2) is 57.2 Å². The van der Waals surface area contributed by atoms with Gasteiger partial charge < -0.3 is 38.5 Å². The van der Waals surface area contributed by atoms with Crippen LogP contribution in [0.1, 0.15) is 187 Å². The molecule has 0 aromatic carbocycles. The van der Waals surface area contributed by atoms with Crippen LogP contribution >= 0.6 is 17.2 Å². The standard InChI is InChI=1S/C35H74O8P2/c1-3-5-7-9-11-13-15-17-19-21-23-25-27-29-34(35(31-36,32-42-44(37)38)33-43-45(39)40)41-30-28-26-24-22-20-18-16-14-12-10-8-6-4-2/h34,36-40H,3-33H2,1-2H3. The molecule has 0 saturated heterocycles. The molecule has 0 bridgehead atoms. The predicted molar refractivity (Wildman–Crippen MR) is 190 cm³/mol. The van der Waals surface area contributed by atoms with Crippen LogP contribution in [0.4, 0.5) is 0 Å². The van der Waals surface area contributed by atoms with E-state index in [0.29, 0.717) is 13.0 Å². The van der Waals surface area contributed by atoms with Crippen molar-refractivity contribution in [3.05, 3.63) is 0 Å². The number of unbranched alkanes of at least 4 members (excludes halogenated alkanes) is 24. The molecule has 8 nitrogen and oxygen atoms in total. The summed E-state index contributed by atoms with van der Waals surface area (Å²) in [4.78, 5) is 37.7. The third-order valence-corrected chi connectivity index (χ3v) is 9.79. The van der Waals surface area contributed by atoms with E-state index < -0.39 is 28.7 Å². The highest BCUT2D eigenvalue weighted by molar-refractivity contribution is 7.39. The highest BCUT2D eigenvalue weighted by Gasteiger charge is 2.41. The Morgan fingerprint density at radius 2 is 0.778 bits per heavy atom. The van der Waals surface area contributed by atoms with Gasteiger partial charge in [0.05, 0.1) is 31.3 Å². The fourth-order valence-electron chi connectivity index (χ4n) is 6.05. The van der Waals surface area contributed by atoms with Crippen LogP contribution in [0.15, 0.2) is 0 Å². The van der Waals surface area contributed by atoms with Crippen molar-refractivity contribution >= 4 is 17.2 Å². The van der Waals surface area contributed by atoms with E-state index in [0.717, 1.165) is 32.1 Å². The van der Waals surface area contributed by atoms with Crippen LogP contribution in [0.25, 0.3) is 0 Å². The number of ether oxygens (including phenoxy) is 1. The van der Waals surface area contributed by atoms with E-state index in [1.165, 1.54) is 135 Å². The maximum absolute atomic E-state index is 10.4. The van der Waals surface area contributed by atoms with Gasteiger partial charge in [0.2, 0.25) is 0 Å². The van der Waals surface area contributed by atoms with E-state index in [9.17, 15) is 24.7 Å². The van der Waals surface area contributed by atoms with Gasteiger partial charge in [-0.25, -0.2) is 0 Å². The van der Waals surface area contributed by atoms with Crippen molar-refractivity contribution < 1.29 is 38.5 Å². The summed E-state index contributed by atoms with van der Waals surface area (Å²) in [6, 6.07) is 0. The highest BCUT2D eigenvalue weighted by Crippen LogP contribution is 2.38. The molecular formula is C35H74O8P2. The summed E-state index contributed by atoms with van der Waals surface area (Å²) in [6.45, 7) is 4.26. The molecule has 0 aromatic heterocycles. The van der Waals surface area contributed by atoms with Crippen LogP contribution in [0.5, 0.6) is 0 Å². The maximum Gasteiger partial charge on any atom is 0.327 e. The predicted octanol–water partition coefficient (Wildman–Crippen LogP) is 10.4. The summed E-state index contributed by atoms with van der Waals surface area (Å²) in [6.07, 6.45) is 33.1. The molecule has 0 aliphatic heterocycles. The van der Waals surface area contributed by atoms with Crippen molar-refractivity contribution in [1.82, 2.24) is 0 Å².